The molecule has 1 spiro atoms. The molecule has 6 aromatic rings. The molecule has 376 valence electrons. The number of thiazole rings is 1. The minimum atomic E-state index is -0.883. The summed E-state index contributed by atoms with van der Waals surface area (Å²) in [7, 11) is 0. The van der Waals surface area contributed by atoms with E-state index in [0.717, 1.165) is 95.7 Å². The number of phenolic OH excluding ortho intramolecular Hbond substituents is 1. The largest absolute Gasteiger partial charge is 0.507 e. The first-order valence-corrected chi connectivity index (χ1v) is 26.3. The number of hydrogen-bond donors (Lipinski definition) is 5. The Kier molecular flexibility index (Phi) is 12.5. The Morgan fingerprint density at radius 3 is 2.40 bits per heavy atom. The molecule has 11 rings (SSSR count). The summed E-state index contributed by atoms with van der Waals surface area (Å²) in [5, 5.41) is 37.1. The number of fused-ring (bicyclic) bond motifs is 3. The maximum atomic E-state index is 14.3. The second-order valence-electron chi connectivity index (χ2n) is 22.0. The van der Waals surface area contributed by atoms with Gasteiger partial charge in [-0.2, -0.15) is 0 Å². The number of nitrogens with one attached hydrogen (secondary N) is 3. The van der Waals surface area contributed by atoms with Gasteiger partial charge in [-0.25, -0.2) is 19.7 Å². The van der Waals surface area contributed by atoms with Crippen LogP contribution in [0.15, 0.2) is 72.5 Å². The van der Waals surface area contributed by atoms with Gasteiger partial charge in [0, 0.05) is 91.6 Å². The first-order chi connectivity index (χ1) is 34.6. The van der Waals surface area contributed by atoms with E-state index in [9.17, 15) is 24.6 Å². The Hall–Kier alpha value is -6.50. The standard InChI is InChI=1S/C54H64N12O5S/c1-31-46(72-30-58-31)35-12-10-33(11-13-35)24-55-49(69)43-20-38(67)27-66(43)50(70)47(53(3,4)5)60-52(71)64-28-54(29-64)22-37(23-54)63-17-14-34(15-18-63)36-25-56-51(57-26-36)65-19-16-41-45(32(65)2)40-21-42(61-62-48(40)59-41)39-8-6-7-9-44(39)68/h6-13,21,25-26,30,32,34,37-38,43,47,67-68H,14-20,22-24,27-29H2,1-5H3,(H,55,69)(H,59,62)(H,60,71)/t32-,38-,43+,47-/m1/s1. The average molecular weight is 993 g/mol. The highest BCUT2D eigenvalue weighted by atomic mass is 32.1. The molecule has 4 aliphatic heterocycles. The van der Waals surface area contributed by atoms with E-state index in [2.05, 4.69) is 47.5 Å². The zero-order valence-corrected chi connectivity index (χ0v) is 42.5. The number of para-hydroxylation sites is 1. The number of aromatic hydroxyl groups is 1. The van der Waals surface area contributed by atoms with Crippen molar-refractivity contribution >= 4 is 46.2 Å². The van der Waals surface area contributed by atoms with Crippen molar-refractivity contribution in [3.05, 3.63) is 101 Å². The van der Waals surface area contributed by atoms with Crippen molar-refractivity contribution in [3.63, 3.8) is 0 Å². The number of carbonyl (C=O) groups excluding carboxylic acids is 3. The molecule has 0 radical (unpaired) electrons. The quantitative estimate of drug-likeness (QED) is 0.0969. The van der Waals surface area contributed by atoms with Gasteiger partial charge in [0.25, 0.3) is 0 Å². The van der Waals surface area contributed by atoms with Gasteiger partial charge in [-0.05, 0) is 98.8 Å². The molecule has 4 aromatic heterocycles. The predicted octanol–water partition coefficient (Wildman–Crippen LogP) is 6.72. The molecule has 2 aromatic carbocycles. The first-order valence-electron chi connectivity index (χ1n) is 25.4. The number of urea groups is 1. The van der Waals surface area contributed by atoms with Crippen molar-refractivity contribution < 1.29 is 24.6 Å². The Morgan fingerprint density at radius 2 is 1.71 bits per heavy atom. The second-order valence-corrected chi connectivity index (χ2v) is 22.9. The monoisotopic (exact) mass is 992 g/mol. The summed E-state index contributed by atoms with van der Waals surface area (Å²) < 4.78 is 0. The molecular formula is C54H64N12O5S. The number of β-amino-alcohol motifs (C(OH)–C–C–N with tert-alkyl or cyclic N) is 1. The third kappa shape index (κ3) is 9.06. The number of benzene rings is 2. The lowest BCUT2D eigenvalue weighted by atomic mass is 9.60. The molecular weight excluding hydrogens is 929 g/mol. The molecule has 1 aliphatic carbocycles. The van der Waals surface area contributed by atoms with Crippen molar-refractivity contribution in [2.24, 2.45) is 10.8 Å². The van der Waals surface area contributed by atoms with Gasteiger partial charge in [-0.15, -0.1) is 21.5 Å². The number of carbonyl (C=O) groups is 3. The molecule has 5 N–H and O–H groups in total. The Labute approximate surface area is 423 Å². The van der Waals surface area contributed by atoms with E-state index in [0.29, 0.717) is 42.3 Å². The summed E-state index contributed by atoms with van der Waals surface area (Å²) in [5.74, 6) is 0.595. The number of aromatic amines is 1. The Bertz CT molecular complexity index is 2980. The van der Waals surface area contributed by atoms with E-state index in [-0.39, 0.29) is 54.6 Å². The van der Waals surface area contributed by atoms with Gasteiger partial charge in [0.05, 0.1) is 33.9 Å². The number of aliphatic hydroxyl groups excluding tert-OH is 1. The van der Waals surface area contributed by atoms with Crippen molar-refractivity contribution in [2.75, 3.05) is 44.2 Å². The second kappa shape index (κ2) is 18.8. The van der Waals surface area contributed by atoms with E-state index in [4.69, 9.17) is 9.97 Å². The van der Waals surface area contributed by atoms with Crippen LogP contribution in [0.25, 0.3) is 32.7 Å². The highest BCUT2D eigenvalue weighted by molar-refractivity contribution is 7.13. The van der Waals surface area contributed by atoms with Crippen molar-refractivity contribution in [1.82, 2.24) is 55.5 Å². The summed E-state index contributed by atoms with van der Waals surface area (Å²) in [6, 6.07) is 15.7. The molecule has 17 nitrogen and oxygen atoms in total. The molecule has 5 aliphatic rings. The summed E-state index contributed by atoms with van der Waals surface area (Å²) in [4.78, 5) is 68.6. The van der Waals surface area contributed by atoms with Gasteiger partial charge in [0.15, 0.2) is 5.65 Å². The molecule has 8 heterocycles. The van der Waals surface area contributed by atoms with Crippen LogP contribution in [-0.2, 0) is 22.6 Å². The first kappa shape index (κ1) is 47.8. The highest BCUT2D eigenvalue weighted by Crippen LogP contribution is 2.51. The molecule has 72 heavy (non-hydrogen) atoms. The number of nitrogens with zero attached hydrogens (tertiary/aromatic N) is 9. The average Bonchev–Trinajstić information content (AvgIpc) is 4.08. The van der Waals surface area contributed by atoms with Gasteiger partial charge in [0.1, 0.15) is 17.8 Å². The fraction of sp³-hybridized carbons (Fsp3) is 0.481. The maximum absolute atomic E-state index is 14.3. The zero-order valence-electron chi connectivity index (χ0n) is 41.6. The van der Waals surface area contributed by atoms with Crippen molar-refractivity contribution in [3.8, 4) is 27.4 Å². The number of phenols is 1. The molecule has 4 atom stereocenters. The number of hydrogen-bond acceptors (Lipinski definition) is 13. The third-order valence-corrected chi connectivity index (χ3v) is 17.1. The number of amides is 4. The van der Waals surface area contributed by atoms with Gasteiger partial charge in [-0.1, -0.05) is 57.2 Å². The predicted molar refractivity (Wildman–Crippen MR) is 275 cm³/mol. The van der Waals surface area contributed by atoms with Crippen LogP contribution >= 0.6 is 11.3 Å². The SMILES string of the molecule is Cc1ncsc1-c1ccc(CNC(=O)[C@@H]2C[C@@H](O)CN2C(=O)[C@@H](NC(=O)N2CC3(CC(N4CCC(c5cnc(N6CCc7[nH]c8nnc(-c9ccccc9O)cc8c7[C@H]6C)nc5)CC4)C3)C2)C(C)(C)C)cc1. The van der Waals surface area contributed by atoms with Crippen molar-refractivity contribution in [1.29, 1.82) is 0 Å². The maximum Gasteiger partial charge on any atom is 0.318 e. The van der Waals surface area contributed by atoms with Gasteiger partial charge >= 0.3 is 6.03 Å². The summed E-state index contributed by atoms with van der Waals surface area (Å²) in [6.07, 6.45) is 8.32. The lowest BCUT2D eigenvalue weighted by Crippen LogP contribution is -2.70. The van der Waals surface area contributed by atoms with Gasteiger partial charge < -0.3 is 45.4 Å². The molecule has 18 heteroatoms. The fourth-order valence-electron chi connectivity index (χ4n) is 12.1. The number of aromatic nitrogens is 6. The fourth-order valence-corrected chi connectivity index (χ4v) is 12.9. The lowest BCUT2D eigenvalue weighted by molar-refractivity contribution is -0.142. The molecule has 1 saturated carbocycles. The number of aliphatic hydroxyl groups is 1. The minimum Gasteiger partial charge on any atom is -0.507 e. The van der Waals surface area contributed by atoms with Crippen molar-refractivity contribution in [2.45, 2.75) is 116 Å². The van der Waals surface area contributed by atoms with E-state index >= 15 is 0 Å². The van der Waals surface area contributed by atoms with Crippen LogP contribution in [0.1, 0.15) is 99.8 Å². The zero-order chi connectivity index (χ0) is 50.1. The molecule has 0 unspecified atom stereocenters. The summed E-state index contributed by atoms with van der Waals surface area (Å²) in [5.41, 5.74) is 9.76. The van der Waals surface area contributed by atoms with Gasteiger partial charge in [-0.3, -0.25) is 9.59 Å². The topological polar surface area (TPSA) is 209 Å². The van der Waals surface area contributed by atoms with Crippen LogP contribution in [0.3, 0.4) is 0 Å². The van der Waals surface area contributed by atoms with Crippen LogP contribution in [-0.4, -0.2) is 136 Å². The smallest absolute Gasteiger partial charge is 0.318 e. The molecule has 4 fully saturated rings. The van der Waals surface area contributed by atoms with E-state index < -0.39 is 23.6 Å². The highest BCUT2D eigenvalue weighted by Gasteiger charge is 2.56. The molecule has 3 saturated heterocycles. The Balaban J connectivity index is 0.644. The van der Waals surface area contributed by atoms with Crippen LogP contribution in [0.2, 0.25) is 0 Å². The molecule has 0 bridgehead atoms. The number of piperidine rings is 1. The van der Waals surface area contributed by atoms with Crippen LogP contribution in [0, 0.1) is 17.8 Å². The summed E-state index contributed by atoms with van der Waals surface area (Å²) in [6.45, 7) is 14.3. The number of aryl methyl sites for hydroxylation is 1. The van der Waals surface area contributed by atoms with Crippen LogP contribution in [0.5, 0.6) is 5.75 Å². The number of likely N-dealkylation sites (tertiary alicyclic amines) is 3. The van der Waals surface area contributed by atoms with E-state index in [1.807, 2.05) is 93.0 Å². The van der Waals surface area contributed by atoms with Gasteiger partial charge in [0.2, 0.25) is 17.8 Å². The lowest BCUT2D eigenvalue weighted by Gasteiger charge is -2.61. The molecule has 4 amide bonds. The number of H-pyrrole nitrogens is 1. The van der Waals surface area contributed by atoms with E-state index in [1.54, 1.807) is 23.5 Å². The number of anilines is 1. The van der Waals surface area contributed by atoms with Crippen LogP contribution in [0.4, 0.5) is 10.7 Å². The normalized spacial score (nSPS) is 21.9. The van der Waals surface area contributed by atoms with E-state index in [1.165, 1.54) is 10.5 Å². The third-order valence-electron chi connectivity index (χ3n) is 16.1. The van der Waals surface area contributed by atoms with Crippen LogP contribution < -0.4 is 15.5 Å². The Morgan fingerprint density at radius 1 is 0.972 bits per heavy atom. The minimum absolute atomic E-state index is 0.0107. The number of rotatable bonds is 10. The summed E-state index contributed by atoms with van der Waals surface area (Å²) >= 11 is 1.59.